The summed E-state index contributed by atoms with van der Waals surface area (Å²) in [5.41, 5.74) is 1.47. The Balaban J connectivity index is 2.07. The molecule has 0 amide bonds. The summed E-state index contributed by atoms with van der Waals surface area (Å²) in [6.45, 7) is 0.278. The lowest BCUT2D eigenvalue weighted by atomic mass is 9.92. The van der Waals surface area contributed by atoms with Gasteiger partial charge in [0.25, 0.3) is 0 Å². The third-order valence-electron chi connectivity index (χ3n) is 3.80. The molecule has 2 aliphatic rings. The van der Waals surface area contributed by atoms with Crippen LogP contribution in [0.4, 0.5) is 0 Å². The van der Waals surface area contributed by atoms with E-state index >= 15 is 0 Å². The van der Waals surface area contributed by atoms with E-state index in [2.05, 4.69) is 0 Å². The molecule has 1 aliphatic heterocycles. The van der Waals surface area contributed by atoms with Crippen molar-refractivity contribution in [1.29, 1.82) is 0 Å². The molecule has 6 heteroatoms. The monoisotopic (exact) mass is 311 g/mol. The zero-order valence-electron chi connectivity index (χ0n) is 12.3. The number of rotatable bonds is 3. The van der Waals surface area contributed by atoms with Crippen LogP contribution in [0, 0.1) is 4.91 Å². The molecule has 0 fully saturated rings. The van der Waals surface area contributed by atoms with Gasteiger partial charge in [-0.25, -0.2) is 9.69 Å². The highest BCUT2D eigenvalue weighted by molar-refractivity contribution is 5.91. The summed E-state index contributed by atoms with van der Waals surface area (Å²) in [6, 6.07) is 8.69. The molecule has 1 atom stereocenters. The second-order valence-corrected chi connectivity index (χ2v) is 5.38. The average molecular weight is 311 g/mol. The van der Waals surface area contributed by atoms with Gasteiger partial charge in [-0.05, 0) is 5.56 Å². The fraction of sp³-hybridized carbons (Fsp3) is 0.176. The Hall–Kier alpha value is -3.02. The fourth-order valence-electron chi connectivity index (χ4n) is 2.84. The van der Waals surface area contributed by atoms with Gasteiger partial charge in [0, 0.05) is 16.8 Å². The molecule has 1 N–H and O–H groups in total. The number of Topliss-reactive ketones (excluding diaryl/α,β-unsaturated/α-hetero) is 1. The second kappa shape index (κ2) is 6.00. The van der Waals surface area contributed by atoms with Gasteiger partial charge < -0.3 is 5.11 Å². The normalized spacial score (nSPS) is 22.1. The van der Waals surface area contributed by atoms with Crippen LogP contribution in [0.1, 0.15) is 12.0 Å². The lowest BCUT2D eigenvalue weighted by Gasteiger charge is -2.31. The largest absolute Gasteiger partial charge is 0.478 e. The van der Waals surface area contributed by atoms with Gasteiger partial charge in [-0.2, -0.15) is 0 Å². The number of hydrogen-bond acceptors (Lipinski definition) is 4. The van der Waals surface area contributed by atoms with E-state index in [9.17, 15) is 14.5 Å². The van der Waals surface area contributed by atoms with Gasteiger partial charge in [0.05, 0.1) is 0 Å². The molecule has 6 nitrogen and oxygen atoms in total. The highest BCUT2D eigenvalue weighted by atomic mass is 16.4. The summed E-state index contributed by atoms with van der Waals surface area (Å²) in [7, 11) is 0. The number of fused-ring (bicyclic) bond motifs is 1. The molecule has 0 bridgehead atoms. The van der Waals surface area contributed by atoms with E-state index in [1.165, 1.54) is 6.20 Å². The molecular weight excluding hydrogens is 296 g/mol. The number of nitroso groups, excluding NO2 is 1. The Kier molecular flexibility index (Phi) is 3.89. The first-order valence-corrected chi connectivity index (χ1v) is 7.19. The molecular formula is C17H15N2O4+. The van der Waals surface area contributed by atoms with Gasteiger partial charge in [-0.1, -0.05) is 47.4 Å². The van der Waals surface area contributed by atoms with Crippen LogP contribution in [-0.2, 0) is 16.1 Å². The minimum Gasteiger partial charge on any atom is -0.478 e. The van der Waals surface area contributed by atoms with E-state index in [4.69, 9.17) is 5.11 Å². The van der Waals surface area contributed by atoms with Crippen molar-refractivity contribution in [3.05, 3.63) is 76.6 Å². The maximum absolute atomic E-state index is 12.3. The lowest BCUT2D eigenvalue weighted by Crippen LogP contribution is -2.47. The van der Waals surface area contributed by atoms with Crippen LogP contribution in [0.5, 0.6) is 0 Å². The molecule has 3 rings (SSSR count). The Morgan fingerprint density at radius 3 is 2.78 bits per heavy atom. The van der Waals surface area contributed by atoms with E-state index in [1.807, 2.05) is 30.3 Å². The predicted octanol–water partition coefficient (Wildman–Crippen LogP) is 1.99. The van der Waals surface area contributed by atoms with Crippen molar-refractivity contribution >= 4 is 11.8 Å². The summed E-state index contributed by atoms with van der Waals surface area (Å²) >= 11 is 0. The van der Waals surface area contributed by atoms with E-state index in [0.29, 0.717) is 10.3 Å². The summed E-state index contributed by atoms with van der Waals surface area (Å²) in [4.78, 5) is 37.2. The number of benzene rings is 1. The van der Waals surface area contributed by atoms with E-state index in [1.54, 1.807) is 17.1 Å². The van der Waals surface area contributed by atoms with Gasteiger partial charge >= 0.3 is 11.8 Å². The van der Waals surface area contributed by atoms with E-state index < -0.39 is 12.0 Å². The Bertz CT molecular complexity index is 762. The van der Waals surface area contributed by atoms with Crippen LogP contribution >= 0.6 is 0 Å². The standard InChI is InChI=1S/C17H14N2O4/c20-14-8-4-7-13-11-19(23)15(9-16(21)22)18(17(13)14)10-12-5-2-1-3-6-12/h1-7,9,11,17H,8,10H2/p+1. The van der Waals surface area contributed by atoms with Gasteiger partial charge in [0.15, 0.2) is 18.0 Å². The number of carbonyl (C=O) groups is 2. The minimum atomic E-state index is -1.23. The van der Waals surface area contributed by atoms with Crippen LogP contribution in [0.3, 0.4) is 0 Å². The van der Waals surface area contributed by atoms with Crippen LogP contribution in [0.15, 0.2) is 66.2 Å². The highest BCUT2D eigenvalue weighted by Gasteiger charge is 2.44. The van der Waals surface area contributed by atoms with Gasteiger partial charge in [0.2, 0.25) is 0 Å². The summed E-state index contributed by atoms with van der Waals surface area (Å²) < 4.78 is 0.506. The SMILES string of the molecule is O=C(O)C=C1N(Cc2ccccc2)C2C(=O)CC=CC2=C[N+]1=O. The molecule has 0 saturated carbocycles. The predicted molar refractivity (Wildman–Crippen MR) is 82.0 cm³/mol. The van der Waals surface area contributed by atoms with Crippen molar-refractivity contribution in [3.63, 3.8) is 0 Å². The van der Waals surface area contributed by atoms with Crippen molar-refractivity contribution in [2.75, 3.05) is 0 Å². The first-order chi connectivity index (χ1) is 11.1. The number of ketones is 1. The van der Waals surface area contributed by atoms with Crippen LogP contribution in [-0.4, -0.2) is 32.6 Å². The second-order valence-electron chi connectivity index (χ2n) is 5.38. The molecule has 116 valence electrons. The first kappa shape index (κ1) is 14.9. The summed E-state index contributed by atoms with van der Waals surface area (Å²) in [5, 5.41) is 9.04. The van der Waals surface area contributed by atoms with Crippen molar-refractivity contribution in [2.45, 2.75) is 19.0 Å². The van der Waals surface area contributed by atoms with E-state index in [0.717, 1.165) is 11.6 Å². The van der Waals surface area contributed by atoms with Crippen LogP contribution in [0.2, 0.25) is 0 Å². The third-order valence-corrected chi connectivity index (χ3v) is 3.80. The molecule has 0 radical (unpaired) electrons. The topological polar surface area (TPSA) is 77.7 Å². The molecule has 1 aliphatic carbocycles. The van der Waals surface area contributed by atoms with Gasteiger partial charge in [-0.3, -0.25) is 4.79 Å². The molecule has 1 aromatic carbocycles. The summed E-state index contributed by atoms with van der Waals surface area (Å²) in [5.74, 6) is -1.33. The lowest BCUT2D eigenvalue weighted by molar-refractivity contribution is -0.454. The number of carboxylic acid groups (broad SMARTS) is 1. The van der Waals surface area contributed by atoms with Crippen molar-refractivity contribution in [1.82, 2.24) is 4.90 Å². The third kappa shape index (κ3) is 2.96. The maximum Gasteiger partial charge on any atom is 0.336 e. The first-order valence-electron chi connectivity index (χ1n) is 7.19. The van der Waals surface area contributed by atoms with Gasteiger partial charge in [-0.15, -0.1) is 0 Å². The highest BCUT2D eigenvalue weighted by Crippen LogP contribution is 2.30. The zero-order chi connectivity index (χ0) is 16.4. The number of allylic oxidation sites excluding steroid dienone is 1. The molecule has 23 heavy (non-hydrogen) atoms. The number of hydrogen-bond donors (Lipinski definition) is 1. The van der Waals surface area contributed by atoms with Crippen molar-refractivity contribution in [2.24, 2.45) is 0 Å². The Labute approximate surface area is 132 Å². The number of nitrogens with zero attached hydrogens (tertiary/aromatic N) is 2. The molecule has 1 aromatic rings. The number of carboxylic acids is 1. The zero-order valence-corrected chi connectivity index (χ0v) is 12.3. The van der Waals surface area contributed by atoms with Crippen molar-refractivity contribution < 1.29 is 19.5 Å². The maximum atomic E-state index is 12.3. The number of carbonyl (C=O) groups excluding carboxylic acids is 1. The van der Waals surface area contributed by atoms with E-state index in [-0.39, 0.29) is 24.6 Å². The van der Waals surface area contributed by atoms with Crippen molar-refractivity contribution in [3.8, 4) is 0 Å². The fourth-order valence-corrected chi connectivity index (χ4v) is 2.84. The quantitative estimate of drug-likeness (QED) is 0.682. The molecule has 1 unspecified atom stereocenters. The van der Waals surface area contributed by atoms with Crippen LogP contribution in [0.25, 0.3) is 0 Å². The Morgan fingerprint density at radius 1 is 1.35 bits per heavy atom. The minimum absolute atomic E-state index is 0.0428. The molecule has 0 aromatic heterocycles. The van der Waals surface area contributed by atoms with Gasteiger partial charge in [0.1, 0.15) is 12.6 Å². The molecule has 0 spiro atoms. The summed E-state index contributed by atoms with van der Waals surface area (Å²) in [6.07, 6.45) is 5.84. The molecule has 1 heterocycles. The average Bonchev–Trinajstić information content (AvgIpc) is 2.51. The number of aliphatic carboxylic acids is 1. The molecule has 0 saturated heterocycles. The van der Waals surface area contributed by atoms with Crippen LogP contribution < -0.4 is 0 Å². The smallest absolute Gasteiger partial charge is 0.336 e. The Morgan fingerprint density at radius 2 is 2.09 bits per heavy atom.